The van der Waals surface area contributed by atoms with Gasteiger partial charge < -0.3 is 9.47 Å². The van der Waals surface area contributed by atoms with E-state index < -0.39 is 0 Å². The van der Waals surface area contributed by atoms with E-state index in [1.165, 1.54) is 5.56 Å². The highest BCUT2D eigenvalue weighted by molar-refractivity contribution is 5.35. The van der Waals surface area contributed by atoms with Gasteiger partial charge in [-0.1, -0.05) is 18.2 Å². The number of hydrogen-bond acceptors (Lipinski definition) is 4. The van der Waals surface area contributed by atoms with Gasteiger partial charge in [0.1, 0.15) is 11.5 Å². The van der Waals surface area contributed by atoms with Crippen molar-refractivity contribution >= 4 is 0 Å². The molecule has 0 amide bonds. The molecule has 0 aromatic heterocycles. The number of ether oxygens (including phenoxy) is 2. The van der Waals surface area contributed by atoms with Crippen molar-refractivity contribution < 1.29 is 9.47 Å². The van der Waals surface area contributed by atoms with E-state index in [9.17, 15) is 0 Å². The average Bonchev–Trinajstić information content (AvgIpc) is 2.49. The Morgan fingerprint density at radius 2 is 2.16 bits per heavy atom. The molecule has 0 bridgehead atoms. The van der Waals surface area contributed by atoms with Crippen LogP contribution in [0.5, 0.6) is 5.75 Å². The van der Waals surface area contributed by atoms with Crippen LogP contribution in [0.1, 0.15) is 18.4 Å². The van der Waals surface area contributed by atoms with Gasteiger partial charge in [0.05, 0.1) is 19.3 Å². The first kappa shape index (κ1) is 12.5. The Bertz CT molecular complexity index is 473. The summed E-state index contributed by atoms with van der Waals surface area (Å²) in [6, 6.07) is 8.22. The molecule has 3 N–H and O–H groups in total. The molecule has 2 heterocycles. The summed E-state index contributed by atoms with van der Waals surface area (Å²) in [5.74, 6) is 8.00. The molecule has 1 aromatic rings. The Kier molecular flexibility index (Phi) is 3.71. The van der Waals surface area contributed by atoms with E-state index in [1.54, 1.807) is 0 Å². The molecule has 0 aliphatic carbocycles. The first-order chi connectivity index (χ1) is 9.38. The van der Waals surface area contributed by atoms with Crippen LogP contribution in [0.15, 0.2) is 36.1 Å². The van der Waals surface area contributed by atoms with Crippen LogP contribution in [-0.4, -0.2) is 19.3 Å². The van der Waals surface area contributed by atoms with E-state index in [4.69, 9.17) is 15.3 Å². The van der Waals surface area contributed by atoms with Crippen molar-refractivity contribution in [1.82, 2.24) is 5.43 Å². The second-order valence-electron chi connectivity index (χ2n) is 5.12. The van der Waals surface area contributed by atoms with Gasteiger partial charge in [-0.3, -0.25) is 5.84 Å². The molecule has 2 aliphatic heterocycles. The minimum atomic E-state index is 0.0358. The van der Waals surface area contributed by atoms with Crippen LogP contribution in [0, 0.1) is 5.92 Å². The van der Waals surface area contributed by atoms with Gasteiger partial charge in [-0.2, -0.15) is 0 Å². The lowest BCUT2D eigenvalue weighted by Crippen LogP contribution is -2.47. The van der Waals surface area contributed by atoms with E-state index in [0.717, 1.165) is 37.4 Å². The number of para-hydroxylation sites is 1. The minimum Gasteiger partial charge on any atom is -0.497 e. The zero-order valence-corrected chi connectivity index (χ0v) is 11.0. The molecular formula is C15H20N2O2. The van der Waals surface area contributed by atoms with Crippen molar-refractivity contribution in [3.63, 3.8) is 0 Å². The lowest BCUT2D eigenvalue weighted by Gasteiger charge is -2.33. The summed E-state index contributed by atoms with van der Waals surface area (Å²) < 4.78 is 11.6. The second-order valence-corrected chi connectivity index (χ2v) is 5.12. The molecule has 2 unspecified atom stereocenters. The topological polar surface area (TPSA) is 56.5 Å². The van der Waals surface area contributed by atoms with Crippen LogP contribution in [0.2, 0.25) is 0 Å². The third kappa shape index (κ3) is 2.60. The third-order valence-corrected chi connectivity index (χ3v) is 3.83. The largest absolute Gasteiger partial charge is 0.497 e. The molecular weight excluding hydrogens is 240 g/mol. The molecule has 0 saturated carbocycles. The number of fused-ring (bicyclic) bond motifs is 1. The van der Waals surface area contributed by atoms with Crippen LogP contribution in [-0.2, 0) is 11.2 Å². The Morgan fingerprint density at radius 3 is 2.95 bits per heavy atom. The van der Waals surface area contributed by atoms with Crippen molar-refractivity contribution in [3.05, 3.63) is 41.7 Å². The molecule has 1 aromatic carbocycles. The van der Waals surface area contributed by atoms with E-state index in [2.05, 4.69) is 17.6 Å². The van der Waals surface area contributed by atoms with Gasteiger partial charge in [-0.05, 0) is 37.0 Å². The number of allylic oxidation sites excluding steroid dienone is 1. The van der Waals surface area contributed by atoms with Crippen LogP contribution in [0.4, 0.5) is 0 Å². The molecule has 102 valence electrons. The Morgan fingerprint density at radius 1 is 1.26 bits per heavy atom. The van der Waals surface area contributed by atoms with Crippen molar-refractivity contribution in [2.75, 3.05) is 13.2 Å². The van der Waals surface area contributed by atoms with Gasteiger partial charge in [0.2, 0.25) is 0 Å². The number of nitrogens with one attached hydrogen (secondary N) is 1. The van der Waals surface area contributed by atoms with Gasteiger partial charge in [-0.25, -0.2) is 5.43 Å². The first-order valence-electron chi connectivity index (χ1n) is 6.88. The standard InChI is InChI=1S/C15H20N2O2/c16-17-15(14-7-3-4-8-18-14)12-9-11-5-1-2-6-13(11)19-10-12/h1-2,5-7,12,15,17H,3-4,8-10,16H2. The van der Waals surface area contributed by atoms with Crippen LogP contribution in [0.3, 0.4) is 0 Å². The fraction of sp³-hybridized carbons (Fsp3) is 0.467. The van der Waals surface area contributed by atoms with Gasteiger partial charge in [0.25, 0.3) is 0 Å². The highest BCUT2D eigenvalue weighted by Crippen LogP contribution is 2.30. The van der Waals surface area contributed by atoms with Crippen LogP contribution in [0.25, 0.3) is 0 Å². The van der Waals surface area contributed by atoms with Gasteiger partial charge in [0, 0.05) is 5.92 Å². The fourth-order valence-corrected chi connectivity index (χ4v) is 2.81. The molecule has 0 saturated heterocycles. The molecule has 4 nitrogen and oxygen atoms in total. The van der Waals surface area contributed by atoms with E-state index >= 15 is 0 Å². The maximum atomic E-state index is 5.83. The van der Waals surface area contributed by atoms with Crippen LogP contribution < -0.4 is 16.0 Å². The molecule has 19 heavy (non-hydrogen) atoms. The molecule has 2 aliphatic rings. The summed E-state index contributed by atoms with van der Waals surface area (Å²) in [6.07, 6.45) is 5.27. The van der Waals surface area contributed by atoms with Crippen LogP contribution >= 0.6 is 0 Å². The summed E-state index contributed by atoms with van der Waals surface area (Å²) in [7, 11) is 0. The fourth-order valence-electron chi connectivity index (χ4n) is 2.81. The summed E-state index contributed by atoms with van der Waals surface area (Å²) in [6.45, 7) is 1.46. The van der Waals surface area contributed by atoms with E-state index in [1.807, 2.05) is 18.2 Å². The molecule has 0 radical (unpaired) electrons. The summed E-state index contributed by atoms with van der Waals surface area (Å²) >= 11 is 0. The first-order valence-corrected chi connectivity index (χ1v) is 6.88. The average molecular weight is 260 g/mol. The molecule has 0 spiro atoms. The number of hydrazine groups is 1. The van der Waals surface area contributed by atoms with Gasteiger partial charge in [-0.15, -0.1) is 0 Å². The Balaban J connectivity index is 1.77. The maximum absolute atomic E-state index is 5.83. The molecule has 2 atom stereocenters. The highest BCUT2D eigenvalue weighted by Gasteiger charge is 2.30. The third-order valence-electron chi connectivity index (χ3n) is 3.83. The van der Waals surface area contributed by atoms with Gasteiger partial charge >= 0.3 is 0 Å². The monoisotopic (exact) mass is 260 g/mol. The number of benzene rings is 1. The quantitative estimate of drug-likeness (QED) is 0.642. The lowest BCUT2D eigenvalue weighted by atomic mass is 9.89. The highest BCUT2D eigenvalue weighted by atomic mass is 16.5. The number of nitrogens with two attached hydrogens (primary N) is 1. The zero-order valence-electron chi connectivity index (χ0n) is 11.0. The smallest absolute Gasteiger partial charge is 0.122 e. The summed E-state index contributed by atoms with van der Waals surface area (Å²) in [4.78, 5) is 0. The van der Waals surface area contributed by atoms with E-state index in [0.29, 0.717) is 12.5 Å². The maximum Gasteiger partial charge on any atom is 0.122 e. The Labute approximate surface area is 113 Å². The van der Waals surface area contributed by atoms with Crippen molar-refractivity contribution in [2.24, 2.45) is 11.8 Å². The summed E-state index contributed by atoms with van der Waals surface area (Å²) in [5, 5.41) is 0. The summed E-state index contributed by atoms with van der Waals surface area (Å²) in [5.41, 5.74) is 4.14. The lowest BCUT2D eigenvalue weighted by molar-refractivity contribution is 0.123. The number of hydrogen-bond donors (Lipinski definition) is 2. The Hall–Kier alpha value is -1.52. The predicted molar refractivity (Wildman–Crippen MR) is 73.5 cm³/mol. The number of rotatable bonds is 3. The molecule has 0 fully saturated rings. The van der Waals surface area contributed by atoms with Gasteiger partial charge in [0.15, 0.2) is 0 Å². The predicted octanol–water partition coefficient (Wildman–Crippen LogP) is 1.76. The second kappa shape index (κ2) is 5.63. The van der Waals surface area contributed by atoms with E-state index in [-0.39, 0.29) is 6.04 Å². The van der Waals surface area contributed by atoms with Crippen molar-refractivity contribution in [1.29, 1.82) is 0 Å². The zero-order chi connectivity index (χ0) is 13.1. The molecule has 4 heteroatoms. The normalized spacial score (nSPS) is 23.6. The molecule has 3 rings (SSSR count). The van der Waals surface area contributed by atoms with Crippen molar-refractivity contribution in [2.45, 2.75) is 25.3 Å². The SMILES string of the molecule is NNC(C1=CCCCO1)C1COc2ccccc2C1. The minimum absolute atomic E-state index is 0.0358. The van der Waals surface area contributed by atoms with Crippen molar-refractivity contribution in [3.8, 4) is 5.75 Å².